The van der Waals surface area contributed by atoms with Gasteiger partial charge in [-0.1, -0.05) is 18.2 Å². The summed E-state index contributed by atoms with van der Waals surface area (Å²) in [5.74, 6) is -0.465. The van der Waals surface area contributed by atoms with E-state index in [1.54, 1.807) is 71.4 Å². The van der Waals surface area contributed by atoms with Crippen molar-refractivity contribution in [3.05, 3.63) is 93.1 Å². The van der Waals surface area contributed by atoms with Crippen LogP contribution in [0.3, 0.4) is 0 Å². The number of thioether (sulfide) groups is 1. The minimum absolute atomic E-state index is 0.00431. The zero-order valence-corrected chi connectivity index (χ0v) is 19.4. The second-order valence-corrected chi connectivity index (χ2v) is 8.48. The number of anilines is 1. The first kappa shape index (κ1) is 23.8. The second-order valence-electron chi connectivity index (χ2n) is 7.49. The predicted octanol–water partition coefficient (Wildman–Crippen LogP) is 4.13. The molecule has 0 aliphatic carbocycles. The lowest BCUT2D eigenvalue weighted by Crippen LogP contribution is -2.36. The van der Waals surface area contributed by atoms with Crippen LogP contribution >= 0.6 is 11.8 Å². The highest BCUT2D eigenvalue weighted by Crippen LogP contribution is 2.32. The lowest BCUT2D eigenvalue weighted by Gasteiger charge is -2.12. The van der Waals surface area contributed by atoms with Gasteiger partial charge in [-0.2, -0.15) is 0 Å². The lowest BCUT2D eigenvalue weighted by molar-refractivity contribution is -0.385. The van der Waals surface area contributed by atoms with E-state index in [4.69, 9.17) is 4.74 Å². The maximum Gasteiger partial charge on any atom is 0.294 e. The van der Waals surface area contributed by atoms with Crippen molar-refractivity contribution in [3.63, 3.8) is 0 Å². The number of nitrogens with one attached hydrogen (secondary N) is 1. The van der Waals surface area contributed by atoms with Gasteiger partial charge in [0.15, 0.2) is 0 Å². The van der Waals surface area contributed by atoms with Crippen LogP contribution in [0.25, 0.3) is 6.08 Å². The number of nitro benzene ring substituents is 1. The van der Waals surface area contributed by atoms with Crippen molar-refractivity contribution in [2.45, 2.75) is 6.54 Å². The quantitative estimate of drug-likeness (QED) is 0.285. The molecule has 0 bridgehead atoms. The fourth-order valence-corrected chi connectivity index (χ4v) is 4.32. The van der Waals surface area contributed by atoms with Crippen molar-refractivity contribution in [2.75, 3.05) is 19.0 Å². The van der Waals surface area contributed by atoms with E-state index in [0.29, 0.717) is 22.7 Å². The Morgan fingerprint density at radius 1 is 1.11 bits per heavy atom. The Morgan fingerprint density at radius 2 is 1.86 bits per heavy atom. The first-order valence-corrected chi connectivity index (χ1v) is 11.2. The molecule has 11 heteroatoms. The van der Waals surface area contributed by atoms with Crippen molar-refractivity contribution >= 4 is 46.3 Å². The minimum Gasteiger partial charge on any atom is -0.497 e. The molecule has 10 nitrogen and oxygen atoms in total. The summed E-state index contributed by atoms with van der Waals surface area (Å²) >= 11 is 0.737. The third-order valence-corrected chi connectivity index (χ3v) is 6.13. The van der Waals surface area contributed by atoms with Crippen molar-refractivity contribution in [2.24, 2.45) is 0 Å². The Kier molecular flexibility index (Phi) is 6.97. The van der Waals surface area contributed by atoms with Crippen LogP contribution in [0.5, 0.6) is 5.75 Å². The number of aromatic nitrogens is 1. The minimum atomic E-state index is -0.580. The summed E-state index contributed by atoms with van der Waals surface area (Å²) in [4.78, 5) is 49.6. The topological polar surface area (TPSA) is 124 Å². The van der Waals surface area contributed by atoms with Crippen LogP contribution in [0.1, 0.15) is 11.3 Å². The molecule has 4 rings (SSSR count). The molecule has 178 valence electrons. The van der Waals surface area contributed by atoms with Crippen molar-refractivity contribution < 1.29 is 24.0 Å². The zero-order chi connectivity index (χ0) is 24.9. The van der Waals surface area contributed by atoms with E-state index in [9.17, 15) is 24.5 Å². The van der Waals surface area contributed by atoms with Gasteiger partial charge < -0.3 is 14.6 Å². The molecule has 1 aliphatic heterocycles. The number of hydrogen-bond donors (Lipinski definition) is 1. The molecule has 0 radical (unpaired) electrons. The Bertz CT molecular complexity index is 1330. The highest BCUT2D eigenvalue weighted by Gasteiger charge is 2.36. The molecule has 1 aliphatic rings. The smallest absolute Gasteiger partial charge is 0.294 e. The number of ether oxygens (including phenoxy) is 1. The van der Waals surface area contributed by atoms with Gasteiger partial charge in [-0.25, -0.2) is 0 Å². The van der Waals surface area contributed by atoms with E-state index in [1.165, 1.54) is 13.2 Å². The number of imide groups is 1. The Morgan fingerprint density at radius 3 is 2.57 bits per heavy atom. The second kappa shape index (κ2) is 10.3. The summed E-state index contributed by atoms with van der Waals surface area (Å²) in [6, 6.07) is 16.5. The van der Waals surface area contributed by atoms with Gasteiger partial charge in [0.1, 0.15) is 12.3 Å². The van der Waals surface area contributed by atoms with Gasteiger partial charge in [-0.15, -0.1) is 0 Å². The molecule has 1 saturated heterocycles. The maximum absolute atomic E-state index is 12.8. The van der Waals surface area contributed by atoms with Gasteiger partial charge in [0.05, 0.1) is 23.5 Å². The number of carbonyl (C=O) groups excluding carboxylic acids is 3. The molecule has 1 fully saturated rings. The number of nitro groups is 1. The highest BCUT2D eigenvalue weighted by atomic mass is 32.2. The van der Waals surface area contributed by atoms with Gasteiger partial charge in [-0.3, -0.25) is 29.4 Å². The van der Waals surface area contributed by atoms with E-state index >= 15 is 0 Å². The van der Waals surface area contributed by atoms with Crippen molar-refractivity contribution in [1.29, 1.82) is 0 Å². The summed E-state index contributed by atoms with van der Waals surface area (Å²) in [6.07, 6.45) is 3.27. The zero-order valence-electron chi connectivity index (χ0n) is 18.5. The number of hydrogen-bond acceptors (Lipinski definition) is 7. The van der Waals surface area contributed by atoms with Gasteiger partial charge in [0.2, 0.25) is 5.91 Å². The van der Waals surface area contributed by atoms with Crippen molar-refractivity contribution in [3.8, 4) is 5.75 Å². The first-order valence-electron chi connectivity index (χ1n) is 10.4. The number of benzene rings is 2. The predicted molar refractivity (Wildman–Crippen MR) is 131 cm³/mol. The number of methoxy groups -OCH3 is 1. The number of para-hydroxylation sites is 1. The van der Waals surface area contributed by atoms with Crippen LogP contribution in [0.15, 0.2) is 71.8 Å². The van der Waals surface area contributed by atoms with Crippen LogP contribution in [0.2, 0.25) is 0 Å². The molecular weight excluding hydrogens is 472 g/mol. The Hall–Kier alpha value is -4.38. The molecule has 1 N–H and O–H groups in total. The third kappa shape index (κ3) is 5.41. The summed E-state index contributed by atoms with van der Waals surface area (Å²) in [5, 5.41) is 13.4. The van der Waals surface area contributed by atoms with E-state index < -0.39 is 28.5 Å². The normalized spacial score (nSPS) is 14.4. The number of nitrogens with zero attached hydrogens (tertiary/aromatic N) is 3. The van der Waals surface area contributed by atoms with E-state index in [-0.39, 0.29) is 17.1 Å². The van der Waals surface area contributed by atoms with Gasteiger partial charge >= 0.3 is 0 Å². The molecule has 0 atom stereocenters. The van der Waals surface area contributed by atoms with E-state index in [2.05, 4.69) is 5.32 Å². The monoisotopic (exact) mass is 492 g/mol. The molecule has 2 aromatic carbocycles. The summed E-state index contributed by atoms with van der Waals surface area (Å²) in [7, 11) is 1.53. The molecule has 3 amide bonds. The van der Waals surface area contributed by atoms with Crippen LogP contribution in [-0.4, -0.2) is 45.1 Å². The fraction of sp³-hybridized carbons (Fsp3) is 0.125. The maximum atomic E-state index is 12.8. The molecule has 35 heavy (non-hydrogen) atoms. The van der Waals surface area contributed by atoms with Crippen LogP contribution in [0, 0.1) is 10.1 Å². The fourth-order valence-electron chi connectivity index (χ4n) is 3.50. The van der Waals surface area contributed by atoms with Crippen LogP contribution in [0.4, 0.5) is 16.2 Å². The molecule has 0 spiro atoms. The SMILES string of the molecule is COc1ccc(NC(=O)CN2C(=O)S/C(=C/c3cccn3Cc3ccccc3[N+](=O)[O-])C2=O)cc1. The summed E-state index contributed by atoms with van der Waals surface area (Å²) < 4.78 is 6.81. The number of carbonyl (C=O) groups is 3. The molecule has 2 heterocycles. The largest absolute Gasteiger partial charge is 0.497 e. The summed E-state index contributed by atoms with van der Waals surface area (Å²) in [5.41, 5.74) is 1.60. The first-order chi connectivity index (χ1) is 16.9. The van der Waals surface area contributed by atoms with Gasteiger partial charge in [0.25, 0.3) is 16.8 Å². The lowest BCUT2D eigenvalue weighted by atomic mass is 10.2. The Balaban J connectivity index is 1.46. The average Bonchev–Trinajstić information content (AvgIpc) is 3.38. The third-order valence-electron chi connectivity index (χ3n) is 5.22. The van der Waals surface area contributed by atoms with Gasteiger partial charge in [0, 0.05) is 29.2 Å². The molecule has 1 aromatic heterocycles. The number of amides is 3. The van der Waals surface area contributed by atoms with Gasteiger partial charge in [-0.05, 0) is 54.2 Å². The molecule has 3 aromatic rings. The van der Waals surface area contributed by atoms with E-state index in [0.717, 1.165) is 16.7 Å². The summed E-state index contributed by atoms with van der Waals surface area (Å²) in [6.45, 7) is -0.213. The molecule has 0 unspecified atom stereocenters. The van der Waals surface area contributed by atoms with Crippen LogP contribution in [-0.2, 0) is 16.1 Å². The van der Waals surface area contributed by atoms with E-state index in [1.807, 2.05) is 0 Å². The average molecular weight is 493 g/mol. The Labute approximate surface area is 204 Å². The van der Waals surface area contributed by atoms with Crippen LogP contribution < -0.4 is 10.1 Å². The highest BCUT2D eigenvalue weighted by molar-refractivity contribution is 8.18. The molecular formula is C24H20N4O6S. The number of rotatable bonds is 8. The standard InChI is InChI=1S/C24H20N4O6S/c1-34-19-10-8-17(9-11-19)25-22(29)15-27-23(30)21(35-24(27)31)13-18-6-4-12-26(18)14-16-5-2-3-7-20(16)28(32)33/h2-13H,14-15H2,1H3,(H,25,29)/b21-13+. The molecule has 0 saturated carbocycles. The van der Waals surface area contributed by atoms with Crippen molar-refractivity contribution in [1.82, 2.24) is 9.47 Å².